The summed E-state index contributed by atoms with van der Waals surface area (Å²) in [6, 6.07) is -0.763. The predicted octanol–water partition coefficient (Wildman–Crippen LogP) is 2.57. The third-order valence-electron chi connectivity index (χ3n) is 4.27. The summed E-state index contributed by atoms with van der Waals surface area (Å²) in [5.41, 5.74) is -0.376. The summed E-state index contributed by atoms with van der Waals surface area (Å²) >= 11 is 0. The molecule has 2 N–H and O–H groups in total. The summed E-state index contributed by atoms with van der Waals surface area (Å²) in [6.45, 7) is 5.76. The van der Waals surface area contributed by atoms with E-state index in [4.69, 9.17) is 0 Å². The molecule has 104 valence electrons. The minimum Gasteiger partial charge on any atom is -0.480 e. The van der Waals surface area contributed by atoms with Gasteiger partial charge in [-0.25, -0.2) is 4.79 Å². The van der Waals surface area contributed by atoms with Crippen LogP contribution in [0.4, 0.5) is 0 Å². The molecule has 0 aliphatic heterocycles. The van der Waals surface area contributed by atoms with E-state index in [1.807, 2.05) is 20.8 Å². The molecule has 0 aromatic rings. The van der Waals surface area contributed by atoms with E-state index < -0.39 is 12.0 Å². The van der Waals surface area contributed by atoms with Crippen molar-refractivity contribution in [3.63, 3.8) is 0 Å². The zero-order chi connectivity index (χ0) is 13.8. The maximum Gasteiger partial charge on any atom is 0.326 e. The molecule has 1 aliphatic rings. The second-order valence-corrected chi connectivity index (χ2v) is 5.80. The first kappa shape index (κ1) is 15.0. The summed E-state index contributed by atoms with van der Waals surface area (Å²) < 4.78 is 0. The van der Waals surface area contributed by atoms with E-state index in [1.54, 1.807) is 0 Å². The Morgan fingerprint density at radius 3 is 2.28 bits per heavy atom. The highest BCUT2D eigenvalue weighted by Crippen LogP contribution is 2.36. The fourth-order valence-electron chi connectivity index (χ4n) is 2.56. The fourth-order valence-corrected chi connectivity index (χ4v) is 2.56. The van der Waals surface area contributed by atoms with Gasteiger partial charge in [-0.05, 0) is 18.8 Å². The van der Waals surface area contributed by atoms with Crippen molar-refractivity contribution in [1.82, 2.24) is 5.32 Å². The van der Waals surface area contributed by atoms with Gasteiger partial charge >= 0.3 is 5.97 Å². The largest absolute Gasteiger partial charge is 0.480 e. The number of hydrogen-bond donors (Lipinski definition) is 2. The second-order valence-electron chi connectivity index (χ2n) is 5.80. The monoisotopic (exact) mass is 255 g/mol. The van der Waals surface area contributed by atoms with Crippen molar-refractivity contribution in [2.75, 3.05) is 0 Å². The molecule has 2 atom stereocenters. The van der Waals surface area contributed by atoms with Gasteiger partial charge in [0.25, 0.3) is 0 Å². The highest BCUT2D eigenvalue weighted by atomic mass is 16.4. The first-order valence-electron chi connectivity index (χ1n) is 6.94. The van der Waals surface area contributed by atoms with Gasteiger partial charge in [-0.15, -0.1) is 0 Å². The molecule has 4 nitrogen and oxygen atoms in total. The van der Waals surface area contributed by atoms with Crippen LogP contribution in [0.1, 0.15) is 59.3 Å². The number of aliphatic carboxylic acids is 1. The molecule has 0 bridgehead atoms. The Morgan fingerprint density at radius 2 is 1.83 bits per heavy atom. The molecule has 1 saturated carbocycles. The molecule has 1 aliphatic carbocycles. The average molecular weight is 255 g/mol. The number of amides is 1. The normalized spacial score (nSPS) is 21.9. The molecule has 0 aromatic heterocycles. The Labute approximate surface area is 109 Å². The Bertz CT molecular complexity index is 308. The van der Waals surface area contributed by atoms with Gasteiger partial charge in [-0.2, -0.15) is 0 Å². The van der Waals surface area contributed by atoms with Crippen molar-refractivity contribution in [2.45, 2.75) is 65.3 Å². The molecule has 0 radical (unpaired) electrons. The van der Waals surface area contributed by atoms with Crippen molar-refractivity contribution >= 4 is 11.9 Å². The SMILES string of the molecule is CC[C@H](C)[C@H](NC(=O)C1(C)CCCCC1)C(=O)O. The third kappa shape index (κ3) is 3.47. The van der Waals surface area contributed by atoms with E-state index in [9.17, 15) is 14.7 Å². The van der Waals surface area contributed by atoms with E-state index >= 15 is 0 Å². The summed E-state index contributed by atoms with van der Waals surface area (Å²) in [5, 5.41) is 11.9. The summed E-state index contributed by atoms with van der Waals surface area (Å²) in [6.07, 6.45) is 5.78. The number of carbonyl (C=O) groups excluding carboxylic acids is 1. The number of hydrogen-bond acceptors (Lipinski definition) is 2. The van der Waals surface area contributed by atoms with Gasteiger partial charge in [0.05, 0.1) is 0 Å². The van der Waals surface area contributed by atoms with Crippen molar-refractivity contribution in [2.24, 2.45) is 11.3 Å². The van der Waals surface area contributed by atoms with E-state index in [0.29, 0.717) is 0 Å². The molecule has 0 aromatic carbocycles. The topological polar surface area (TPSA) is 66.4 Å². The van der Waals surface area contributed by atoms with Gasteiger partial charge in [0, 0.05) is 5.41 Å². The highest BCUT2D eigenvalue weighted by molar-refractivity contribution is 5.87. The molecule has 0 spiro atoms. The first-order valence-corrected chi connectivity index (χ1v) is 6.94. The van der Waals surface area contributed by atoms with Gasteiger partial charge in [0.2, 0.25) is 5.91 Å². The quantitative estimate of drug-likeness (QED) is 0.793. The van der Waals surface area contributed by atoms with Crippen LogP contribution in [-0.2, 0) is 9.59 Å². The zero-order valence-corrected chi connectivity index (χ0v) is 11.7. The third-order valence-corrected chi connectivity index (χ3v) is 4.27. The molecule has 1 amide bonds. The Morgan fingerprint density at radius 1 is 1.28 bits per heavy atom. The lowest BCUT2D eigenvalue weighted by molar-refractivity contribution is -0.145. The average Bonchev–Trinajstić information content (AvgIpc) is 2.35. The lowest BCUT2D eigenvalue weighted by atomic mass is 9.75. The van der Waals surface area contributed by atoms with E-state index in [1.165, 1.54) is 6.42 Å². The molecule has 0 heterocycles. The minimum absolute atomic E-state index is 0.0429. The van der Waals surface area contributed by atoms with Crippen LogP contribution in [0.15, 0.2) is 0 Å². The zero-order valence-electron chi connectivity index (χ0n) is 11.7. The maximum absolute atomic E-state index is 12.3. The van der Waals surface area contributed by atoms with Crippen molar-refractivity contribution < 1.29 is 14.7 Å². The standard InChI is InChI=1S/C14H25NO3/c1-4-10(2)11(12(16)17)15-13(18)14(3)8-6-5-7-9-14/h10-11H,4-9H2,1-3H3,(H,15,18)(H,16,17)/t10-,11-/m0/s1. The summed E-state index contributed by atoms with van der Waals surface area (Å²) in [5.74, 6) is -1.06. The lowest BCUT2D eigenvalue weighted by Crippen LogP contribution is -2.50. The molecular weight excluding hydrogens is 230 g/mol. The van der Waals surface area contributed by atoms with Crippen molar-refractivity contribution in [3.05, 3.63) is 0 Å². The van der Waals surface area contributed by atoms with E-state index in [0.717, 1.165) is 32.1 Å². The van der Waals surface area contributed by atoms with Crippen LogP contribution in [0.25, 0.3) is 0 Å². The van der Waals surface area contributed by atoms with E-state index in [2.05, 4.69) is 5.32 Å². The fraction of sp³-hybridized carbons (Fsp3) is 0.857. The van der Waals surface area contributed by atoms with Gasteiger partial charge < -0.3 is 10.4 Å². The van der Waals surface area contributed by atoms with Crippen LogP contribution in [0.2, 0.25) is 0 Å². The molecule has 0 saturated heterocycles. The smallest absolute Gasteiger partial charge is 0.326 e. The van der Waals surface area contributed by atoms with Gasteiger partial charge in [-0.3, -0.25) is 4.79 Å². The number of carbonyl (C=O) groups is 2. The Kier molecular flexibility index (Phi) is 5.17. The molecule has 0 unspecified atom stereocenters. The van der Waals surface area contributed by atoms with Crippen LogP contribution < -0.4 is 5.32 Å². The van der Waals surface area contributed by atoms with Crippen LogP contribution in [0.3, 0.4) is 0 Å². The van der Waals surface area contributed by atoms with Crippen LogP contribution in [-0.4, -0.2) is 23.0 Å². The van der Waals surface area contributed by atoms with E-state index in [-0.39, 0.29) is 17.2 Å². The second kappa shape index (κ2) is 6.21. The number of nitrogens with one attached hydrogen (secondary N) is 1. The Balaban J connectivity index is 2.68. The summed E-state index contributed by atoms with van der Waals surface area (Å²) in [4.78, 5) is 23.5. The van der Waals surface area contributed by atoms with Crippen LogP contribution >= 0.6 is 0 Å². The van der Waals surface area contributed by atoms with Gasteiger partial charge in [0.15, 0.2) is 0 Å². The maximum atomic E-state index is 12.3. The predicted molar refractivity (Wildman–Crippen MR) is 70.2 cm³/mol. The highest BCUT2D eigenvalue weighted by Gasteiger charge is 2.37. The number of rotatable bonds is 5. The number of carboxylic acids is 1. The molecule has 1 rings (SSSR count). The van der Waals surface area contributed by atoms with Gasteiger partial charge in [0.1, 0.15) is 6.04 Å². The van der Waals surface area contributed by atoms with Crippen LogP contribution in [0.5, 0.6) is 0 Å². The number of carboxylic acid groups (broad SMARTS) is 1. The minimum atomic E-state index is -0.933. The molecule has 4 heteroatoms. The van der Waals surface area contributed by atoms with Crippen molar-refractivity contribution in [3.8, 4) is 0 Å². The first-order chi connectivity index (χ1) is 8.40. The van der Waals surface area contributed by atoms with Crippen molar-refractivity contribution in [1.29, 1.82) is 0 Å². The van der Waals surface area contributed by atoms with Crippen LogP contribution in [0, 0.1) is 11.3 Å². The van der Waals surface area contributed by atoms with Gasteiger partial charge in [-0.1, -0.05) is 46.5 Å². The Hall–Kier alpha value is -1.06. The molecule has 18 heavy (non-hydrogen) atoms. The summed E-state index contributed by atoms with van der Waals surface area (Å²) in [7, 11) is 0. The lowest BCUT2D eigenvalue weighted by Gasteiger charge is -2.34. The molecule has 1 fully saturated rings. The molecular formula is C14H25NO3.